The summed E-state index contributed by atoms with van der Waals surface area (Å²) in [5.74, 6) is 0.559. The molecule has 0 amide bonds. The quantitative estimate of drug-likeness (QED) is 0.720. The van der Waals surface area contributed by atoms with Gasteiger partial charge in [-0.3, -0.25) is 0 Å². The van der Waals surface area contributed by atoms with Crippen LogP contribution in [0.2, 0.25) is 0 Å². The number of carbonyl (C=O) groups is 1. The molecule has 0 aromatic heterocycles. The van der Waals surface area contributed by atoms with Crippen molar-refractivity contribution in [3.05, 3.63) is 36.4 Å². The minimum Gasteiger partial charge on any atom is -0.478 e. The highest BCUT2D eigenvalue weighted by molar-refractivity contribution is 5.77. The molecule has 0 fully saturated rings. The number of ether oxygens (including phenoxy) is 1. The van der Waals surface area contributed by atoms with E-state index in [-0.39, 0.29) is 0 Å². The zero-order chi connectivity index (χ0) is 10.4. The molecule has 0 saturated carbocycles. The van der Waals surface area contributed by atoms with Gasteiger partial charge in [-0.2, -0.15) is 0 Å². The fraction of sp³-hybridized carbons (Fsp3) is 0.100. The number of aliphatic carboxylic acids is 1. The monoisotopic (exact) mass is 192 g/mol. The number of rotatable bonds is 4. The topological polar surface area (TPSA) is 63.6 Å². The smallest absolute Gasteiger partial charge is 0.349 e. The lowest BCUT2D eigenvalue weighted by molar-refractivity contribution is -0.142. The molecule has 0 heterocycles. The summed E-state index contributed by atoms with van der Waals surface area (Å²) in [4.78, 5) is 20.5. The van der Waals surface area contributed by atoms with E-state index in [9.17, 15) is 9.59 Å². The molecule has 1 aromatic carbocycles. The van der Waals surface area contributed by atoms with Crippen molar-refractivity contribution in [3.63, 3.8) is 0 Å². The Hall–Kier alpha value is -2.06. The van der Waals surface area contributed by atoms with Crippen molar-refractivity contribution in [2.24, 2.45) is 0 Å². The average molecular weight is 192 g/mol. The molecule has 0 aliphatic rings. The second kappa shape index (κ2) is 4.84. The van der Waals surface area contributed by atoms with Crippen LogP contribution in [0.4, 0.5) is 0 Å². The number of hydrogen-bond donors (Lipinski definition) is 1. The summed E-state index contributed by atoms with van der Waals surface area (Å²) < 4.78 is 5.00. The van der Waals surface area contributed by atoms with Crippen molar-refractivity contribution in [1.29, 1.82) is 0 Å². The van der Waals surface area contributed by atoms with E-state index in [2.05, 4.69) is 0 Å². The van der Waals surface area contributed by atoms with Crippen LogP contribution in [0.25, 0.3) is 0 Å². The lowest BCUT2D eigenvalue weighted by Crippen LogP contribution is -2.24. The molecular formula is C10H8O4. The molecule has 1 aromatic rings. The maximum atomic E-state index is 10.6. The van der Waals surface area contributed by atoms with Crippen LogP contribution >= 0.6 is 0 Å². The Kier molecular flexibility index (Phi) is 3.47. The van der Waals surface area contributed by atoms with Gasteiger partial charge in [0.05, 0.1) is 6.08 Å². The van der Waals surface area contributed by atoms with Crippen LogP contribution in [0.3, 0.4) is 0 Å². The third-order valence-corrected chi connectivity index (χ3v) is 1.47. The maximum Gasteiger partial charge on any atom is 0.349 e. The lowest BCUT2D eigenvalue weighted by atomic mass is 10.3. The first-order chi connectivity index (χ1) is 6.74. The van der Waals surface area contributed by atoms with E-state index in [0.717, 1.165) is 6.08 Å². The van der Waals surface area contributed by atoms with Gasteiger partial charge in [-0.25, -0.2) is 9.59 Å². The van der Waals surface area contributed by atoms with Crippen LogP contribution in [-0.2, 0) is 9.59 Å². The van der Waals surface area contributed by atoms with Crippen LogP contribution in [0.5, 0.6) is 5.75 Å². The van der Waals surface area contributed by atoms with Crippen molar-refractivity contribution in [3.8, 4) is 5.75 Å². The third kappa shape index (κ3) is 2.77. The molecule has 4 nitrogen and oxygen atoms in total. The highest BCUT2D eigenvalue weighted by Crippen LogP contribution is 2.11. The van der Waals surface area contributed by atoms with E-state index in [0.29, 0.717) is 5.75 Å². The first kappa shape index (κ1) is 10.0. The average Bonchev–Trinajstić information content (AvgIpc) is 2.18. The number of carbonyl (C=O) groups excluding carboxylic acids is 1. The molecule has 4 heteroatoms. The van der Waals surface area contributed by atoms with Gasteiger partial charge < -0.3 is 9.84 Å². The summed E-state index contributed by atoms with van der Waals surface area (Å²) in [6.07, 6.45) is -0.468. The Bertz CT molecular complexity index is 350. The molecule has 0 bridgehead atoms. The summed E-state index contributed by atoms with van der Waals surface area (Å²) >= 11 is 0. The predicted octanol–water partition coefficient (Wildman–Crippen LogP) is 0.906. The number of carboxylic acid groups (broad SMARTS) is 1. The Balaban J connectivity index is 2.75. The van der Waals surface area contributed by atoms with Gasteiger partial charge in [-0.1, -0.05) is 18.2 Å². The van der Waals surface area contributed by atoms with Crippen molar-refractivity contribution in [2.45, 2.75) is 6.10 Å². The van der Waals surface area contributed by atoms with E-state index in [1.54, 1.807) is 30.3 Å². The Morgan fingerprint density at radius 3 is 2.57 bits per heavy atom. The molecule has 72 valence electrons. The lowest BCUT2D eigenvalue weighted by Gasteiger charge is -2.09. The molecule has 0 saturated heterocycles. The Morgan fingerprint density at radius 1 is 1.43 bits per heavy atom. The zero-order valence-corrected chi connectivity index (χ0v) is 7.21. The van der Waals surface area contributed by atoms with Crippen molar-refractivity contribution in [1.82, 2.24) is 0 Å². The molecule has 1 N–H and O–H groups in total. The first-order valence-corrected chi connectivity index (χ1v) is 3.89. The van der Waals surface area contributed by atoms with E-state index in [1.165, 1.54) is 5.94 Å². The van der Waals surface area contributed by atoms with E-state index >= 15 is 0 Å². The summed E-state index contributed by atoms with van der Waals surface area (Å²) in [7, 11) is 0. The molecule has 0 aliphatic carbocycles. The van der Waals surface area contributed by atoms with Gasteiger partial charge >= 0.3 is 5.97 Å². The summed E-state index contributed by atoms with van der Waals surface area (Å²) in [5.41, 5.74) is 0. The zero-order valence-electron chi connectivity index (χ0n) is 7.21. The minimum absolute atomic E-state index is 0.395. The Morgan fingerprint density at radius 2 is 2.07 bits per heavy atom. The van der Waals surface area contributed by atoms with Crippen LogP contribution in [-0.4, -0.2) is 23.1 Å². The summed E-state index contributed by atoms with van der Waals surface area (Å²) in [6.45, 7) is 0. The van der Waals surface area contributed by atoms with Crippen LogP contribution in [0, 0.1) is 0 Å². The fourth-order valence-corrected chi connectivity index (χ4v) is 0.863. The molecular weight excluding hydrogens is 184 g/mol. The highest BCUT2D eigenvalue weighted by atomic mass is 16.5. The second-order valence-electron chi connectivity index (χ2n) is 2.47. The minimum atomic E-state index is -1.28. The van der Waals surface area contributed by atoms with Gasteiger partial charge in [0.2, 0.25) is 6.10 Å². The fourth-order valence-electron chi connectivity index (χ4n) is 0.863. The van der Waals surface area contributed by atoms with Gasteiger partial charge in [0.15, 0.2) is 0 Å². The molecule has 14 heavy (non-hydrogen) atoms. The molecule has 0 radical (unpaired) electrons. The number of benzene rings is 1. The second-order valence-corrected chi connectivity index (χ2v) is 2.47. The first-order valence-electron chi connectivity index (χ1n) is 3.89. The molecule has 1 unspecified atom stereocenters. The van der Waals surface area contributed by atoms with Crippen molar-refractivity contribution >= 4 is 11.9 Å². The van der Waals surface area contributed by atoms with Gasteiger partial charge in [0, 0.05) is 0 Å². The SMILES string of the molecule is O=C=CC(Oc1ccccc1)C(=O)O. The van der Waals surface area contributed by atoms with E-state index in [1.807, 2.05) is 0 Å². The van der Waals surface area contributed by atoms with Gasteiger partial charge in [-0.15, -0.1) is 0 Å². The van der Waals surface area contributed by atoms with Crippen LogP contribution in [0.15, 0.2) is 36.4 Å². The number of carboxylic acids is 1. The number of para-hydroxylation sites is 1. The highest BCUT2D eigenvalue weighted by Gasteiger charge is 2.15. The molecule has 1 rings (SSSR count). The predicted molar refractivity (Wildman–Crippen MR) is 48.8 cm³/mol. The summed E-state index contributed by atoms with van der Waals surface area (Å²) in [6, 6.07) is 8.40. The van der Waals surface area contributed by atoms with E-state index in [4.69, 9.17) is 9.84 Å². The van der Waals surface area contributed by atoms with Crippen molar-refractivity contribution < 1.29 is 19.4 Å². The normalized spacial score (nSPS) is 11.1. The molecule has 0 spiro atoms. The molecule has 0 aliphatic heterocycles. The van der Waals surface area contributed by atoms with Gasteiger partial charge in [0.1, 0.15) is 11.7 Å². The van der Waals surface area contributed by atoms with Crippen LogP contribution < -0.4 is 4.74 Å². The van der Waals surface area contributed by atoms with E-state index < -0.39 is 12.1 Å². The maximum absolute atomic E-state index is 10.6. The Labute approximate surface area is 80.4 Å². The third-order valence-electron chi connectivity index (χ3n) is 1.47. The van der Waals surface area contributed by atoms with Crippen molar-refractivity contribution in [2.75, 3.05) is 0 Å². The van der Waals surface area contributed by atoms with Gasteiger partial charge in [0.25, 0.3) is 0 Å². The largest absolute Gasteiger partial charge is 0.478 e. The van der Waals surface area contributed by atoms with Gasteiger partial charge in [-0.05, 0) is 12.1 Å². The van der Waals surface area contributed by atoms with Crippen LogP contribution in [0.1, 0.15) is 0 Å². The number of hydrogen-bond acceptors (Lipinski definition) is 3. The summed E-state index contributed by atoms with van der Waals surface area (Å²) in [5, 5.41) is 8.63. The molecule has 1 atom stereocenters. The standard InChI is InChI=1S/C10H8O4/c11-7-6-9(10(12)13)14-8-4-2-1-3-5-8/h1-6,9H,(H,12,13).